The van der Waals surface area contributed by atoms with Crippen LogP contribution in [-0.4, -0.2) is 50.6 Å². The first-order chi connectivity index (χ1) is 13.6. The maximum atomic E-state index is 13.0. The van der Waals surface area contributed by atoms with Gasteiger partial charge in [0, 0.05) is 37.5 Å². The molecule has 2 atom stereocenters. The molecular weight excluding hydrogens is 368 g/mol. The van der Waals surface area contributed by atoms with Crippen molar-refractivity contribution in [1.82, 2.24) is 10.2 Å². The van der Waals surface area contributed by atoms with E-state index in [-0.39, 0.29) is 29.1 Å². The van der Waals surface area contributed by atoms with Crippen LogP contribution in [0.25, 0.3) is 0 Å². The Labute approximate surface area is 174 Å². The number of rotatable bonds is 7. The molecule has 1 aromatic rings. The van der Waals surface area contributed by atoms with Crippen molar-refractivity contribution in [3.63, 3.8) is 0 Å². The van der Waals surface area contributed by atoms with E-state index in [0.29, 0.717) is 43.5 Å². The molecule has 0 aliphatic carbocycles. The zero-order valence-electron chi connectivity index (χ0n) is 18.9. The van der Waals surface area contributed by atoms with Gasteiger partial charge in [0.2, 0.25) is 11.8 Å². The highest BCUT2D eigenvalue weighted by Gasteiger charge is 2.42. The van der Waals surface area contributed by atoms with Crippen LogP contribution in [0, 0.1) is 17.3 Å². The molecule has 0 saturated carbocycles. The summed E-state index contributed by atoms with van der Waals surface area (Å²) in [4.78, 5) is 27.7. The summed E-state index contributed by atoms with van der Waals surface area (Å²) in [6, 6.07) is 5.62. The molecule has 6 heteroatoms. The van der Waals surface area contributed by atoms with Gasteiger partial charge in [-0.2, -0.15) is 0 Å². The van der Waals surface area contributed by atoms with Crippen LogP contribution in [0.5, 0.6) is 11.5 Å². The number of carbonyl (C=O) groups is 2. The first-order valence-corrected chi connectivity index (χ1v) is 10.3. The van der Waals surface area contributed by atoms with Crippen molar-refractivity contribution < 1.29 is 19.1 Å². The molecule has 0 radical (unpaired) electrons. The molecule has 1 aliphatic heterocycles. The Bertz CT molecular complexity index is 724. The van der Waals surface area contributed by atoms with E-state index < -0.39 is 0 Å². The van der Waals surface area contributed by atoms with E-state index in [0.717, 1.165) is 5.56 Å². The van der Waals surface area contributed by atoms with E-state index in [2.05, 4.69) is 39.9 Å². The number of hydrogen-bond donors (Lipinski definition) is 1. The third-order valence-electron chi connectivity index (χ3n) is 5.21. The topological polar surface area (TPSA) is 67.9 Å². The Morgan fingerprint density at radius 1 is 1.17 bits per heavy atom. The molecular formula is C23H36N2O4. The number of nitrogens with zero attached hydrogens (tertiary/aromatic N) is 1. The van der Waals surface area contributed by atoms with Crippen LogP contribution in [-0.2, 0) is 9.59 Å². The number of hydrogen-bond acceptors (Lipinski definition) is 4. The van der Waals surface area contributed by atoms with Crippen molar-refractivity contribution in [3.8, 4) is 11.5 Å². The number of amides is 2. The highest BCUT2D eigenvalue weighted by molar-refractivity contribution is 5.83. The second kappa shape index (κ2) is 9.51. The minimum Gasteiger partial charge on any atom is -0.497 e. The summed E-state index contributed by atoms with van der Waals surface area (Å²) in [6.45, 7) is 11.8. The van der Waals surface area contributed by atoms with E-state index in [9.17, 15) is 9.59 Å². The van der Waals surface area contributed by atoms with E-state index in [1.165, 1.54) is 0 Å². The van der Waals surface area contributed by atoms with Gasteiger partial charge in [0.1, 0.15) is 11.5 Å². The number of nitrogens with one attached hydrogen (secondary N) is 1. The molecule has 0 bridgehead atoms. The zero-order valence-corrected chi connectivity index (χ0v) is 18.9. The lowest BCUT2D eigenvalue weighted by molar-refractivity contribution is -0.132. The molecule has 162 valence electrons. The fourth-order valence-corrected chi connectivity index (χ4v) is 3.72. The van der Waals surface area contributed by atoms with Crippen LogP contribution in [0.15, 0.2) is 18.2 Å². The highest BCUT2D eigenvalue weighted by atomic mass is 16.5. The molecule has 1 aromatic carbocycles. The molecule has 2 amide bonds. The number of methoxy groups -OCH3 is 2. The van der Waals surface area contributed by atoms with Crippen molar-refractivity contribution in [2.45, 2.75) is 47.0 Å². The molecule has 29 heavy (non-hydrogen) atoms. The Morgan fingerprint density at radius 3 is 2.41 bits per heavy atom. The van der Waals surface area contributed by atoms with E-state index in [1.807, 2.05) is 23.1 Å². The molecule has 0 spiro atoms. The van der Waals surface area contributed by atoms with Crippen LogP contribution in [0.4, 0.5) is 0 Å². The Kier molecular flexibility index (Phi) is 7.55. The average Bonchev–Trinajstić information content (AvgIpc) is 3.09. The van der Waals surface area contributed by atoms with Gasteiger partial charge in [-0.25, -0.2) is 0 Å². The number of likely N-dealkylation sites (tertiary alicyclic amines) is 1. The molecule has 2 rings (SSSR count). The summed E-state index contributed by atoms with van der Waals surface area (Å²) >= 11 is 0. The Balaban J connectivity index is 2.35. The average molecular weight is 405 g/mol. The second-order valence-corrected chi connectivity index (χ2v) is 9.50. The molecule has 6 nitrogen and oxygen atoms in total. The van der Waals surface area contributed by atoms with Crippen LogP contribution in [0.3, 0.4) is 0 Å². The minimum atomic E-state index is -0.321. The summed E-state index contributed by atoms with van der Waals surface area (Å²) in [7, 11) is 3.24. The first kappa shape index (κ1) is 23.0. The van der Waals surface area contributed by atoms with Crippen molar-refractivity contribution in [3.05, 3.63) is 23.8 Å². The molecule has 0 aromatic heterocycles. The van der Waals surface area contributed by atoms with Gasteiger partial charge in [-0.1, -0.05) is 34.6 Å². The second-order valence-electron chi connectivity index (χ2n) is 9.50. The summed E-state index contributed by atoms with van der Waals surface area (Å²) < 4.78 is 11.0. The number of benzene rings is 1. The van der Waals surface area contributed by atoms with Gasteiger partial charge in [0.15, 0.2) is 0 Å². The summed E-state index contributed by atoms with van der Waals surface area (Å²) in [5, 5.41) is 3.05. The van der Waals surface area contributed by atoms with Crippen LogP contribution >= 0.6 is 0 Å². The van der Waals surface area contributed by atoms with Crippen molar-refractivity contribution in [2.24, 2.45) is 17.3 Å². The van der Waals surface area contributed by atoms with Crippen molar-refractivity contribution in [2.75, 3.05) is 33.9 Å². The summed E-state index contributed by atoms with van der Waals surface area (Å²) in [5.74, 6) is 1.39. The standard InChI is InChI=1S/C23H36N2O4/c1-15(2)12-24-22(27)19-14-25(21(26)11-23(3,4)5)13-18(19)17-10-16(28-6)8-9-20(17)29-7/h8-10,15,18-19H,11-14H2,1-7H3,(H,24,27)/t18-,19+/m0/s1. The third-order valence-corrected chi connectivity index (χ3v) is 5.21. The SMILES string of the molecule is COc1ccc(OC)c([C@@H]2CN(C(=O)CC(C)(C)C)C[C@H]2C(=O)NCC(C)C)c1. The quantitative estimate of drug-likeness (QED) is 0.756. The van der Waals surface area contributed by atoms with Crippen LogP contribution in [0.1, 0.15) is 52.5 Å². The molecule has 1 fully saturated rings. The van der Waals surface area contributed by atoms with E-state index in [1.54, 1.807) is 14.2 Å². The predicted octanol–water partition coefficient (Wildman–Crippen LogP) is 3.45. The predicted molar refractivity (Wildman–Crippen MR) is 114 cm³/mol. The summed E-state index contributed by atoms with van der Waals surface area (Å²) in [5.41, 5.74) is 0.806. The van der Waals surface area contributed by atoms with Crippen LogP contribution < -0.4 is 14.8 Å². The fourth-order valence-electron chi connectivity index (χ4n) is 3.72. The van der Waals surface area contributed by atoms with Gasteiger partial charge in [0.25, 0.3) is 0 Å². The van der Waals surface area contributed by atoms with Gasteiger partial charge >= 0.3 is 0 Å². The van der Waals surface area contributed by atoms with Crippen molar-refractivity contribution in [1.29, 1.82) is 0 Å². The maximum absolute atomic E-state index is 13.0. The highest BCUT2D eigenvalue weighted by Crippen LogP contribution is 2.40. The van der Waals surface area contributed by atoms with Gasteiger partial charge in [-0.15, -0.1) is 0 Å². The minimum absolute atomic E-state index is 0.0142. The summed E-state index contributed by atoms with van der Waals surface area (Å²) in [6.07, 6.45) is 0.454. The van der Waals surface area contributed by atoms with Gasteiger partial charge in [0.05, 0.1) is 20.1 Å². The molecule has 1 saturated heterocycles. The van der Waals surface area contributed by atoms with Gasteiger partial charge in [-0.05, 0) is 29.5 Å². The lowest BCUT2D eigenvalue weighted by Crippen LogP contribution is -2.37. The lowest BCUT2D eigenvalue weighted by Gasteiger charge is -2.23. The van der Waals surface area contributed by atoms with E-state index >= 15 is 0 Å². The molecule has 1 N–H and O–H groups in total. The fraction of sp³-hybridized carbons (Fsp3) is 0.652. The lowest BCUT2D eigenvalue weighted by atomic mass is 9.87. The smallest absolute Gasteiger partial charge is 0.225 e. The van der Waals surface area contributed by atoms with Gasteiger partial charge in [-0.3, -0.25) is 9.59 Å². The number of ether oxygens (including phenoxy) is 2. The number of carbonyl (C=O) groups excluding carboxylic acids is 2. The largest absolute Gasteiger partial charge is 0.497 e. The van der Waals surface area contributed by atoms with Crippen LogP contribution in [0.2, 0.25) is 0 Å². The molecule has 1 heterocycles. The van der Waals surface area contributed by atoms with Crippen molar-refractivity contribution >= 4 is 11.8 Å². The normalized spacial score (nSPS) is 19.4. The zero-order chi connectivity index (χ0) is 21.8. The molecule has 1 aliphatic rings. The third kappa shape index (κ3) is 6.12. The first-order valence-electron chi connectivity index (χ1n) is 10.3. The van der Waals surface area contributed by atoms with E-state index in [4.69, 9.17) is 9.47 Å². The Hall–Kier alpha value is -2.24. The maximum Gasteiger partial charge on any atom is 0.225 e. The molecule has 0 unspecified atom stereocenters. The van der Waals surface area contributed by atoms with Gasteiger partial charge < -0.3 is 19.7 Å². The Morgan fingerprint density at radius 2 is 1.86 bits per heavy atom. The monoisotopic (exact) mass is 404 g/mol.